The van der Waals surface area contributed by atoms with E-state index in [0.717, 1.165) is 5.69 Å². The zero-order valence-corrected chi connectivity index (χ0v) is 6.50. The van der Waals surface area contributed by atoms with E-state index in [-0.39, 0.29) is 0 Å². The second-order valence-electron chi connectivity index (χ2n) is 2.12. The van der Waals surface area contributed by atoms with Gasteiger partial charge >= 0.3 is 0 Å². The number of benzene rings is 1. The van der Waals surface area contributed by atoms with Crippen molar-refractivity contribution in [1.82, 2.24) is 0 Å². The molecule has 0 spiro atoms. The first-order chi connectivity index (χ1) is 5.33. The first-order valence-corrected chi connectivity index (χ1v) is 3.38. The summed E-state index contributed by atoms with van der Waals surface area (Å²) in [6.07, 6.45) is 0. The number of methoxy groups -OCH3 is 1. The third-order valence-electron chi connectivity index (χ3n) is 1.30. The minimum atomic E-state index is 0.552. The molecule has 0 saturated heterocycles. The SMILES string of the molecule is C=C(Nc1ccccc1)OC. The number of para-hydroxylation sites is 1. The normalized spacial score (nSPS) is 8.82. The lowest BCUT2D eigenvalue weighted by molar-refractivity contribution is 0.299. The fourth-order valence-electron chi connectivity index (χ4n) is 0.734. The number of hydrogen-bond acceptors (Lipinski definition) is 2. The van der Waals surface area contributed by atoms with E-state index in [9.17, 15) is 0 Å². The van der Waals surface area contributed by atoms with Crippen molar-refractivity contribution in [3.63, 3.8) is 0 Å². The van der Waals surface area contributed by atoms with Crippen molar-refractivity contribution in [3.8, 4) is 0 Å². The summed E-state index contributed by atoms with van der Waals surface area (Å²) in [4.78, 5) is 0. The van der Waals surface area contributed by atoms with Gasteiger partial charge in [-0.3, -0.25) is 0 Å². The van der Waals surface area contributed by atoms with Gasteiger partial charge in [-0.05, 0) is 18.7 Å². The molecule has 0 aliphatic carbocycles. The Morgan fingerprint density at radius 3 is 2.55 bits per heavy atom. The summed E-state index contributed by atoms with van der Waals surface area (Å²) >= 11 is 0. The molecule has 11 heavy (non-hydrogen) atoms. The molecule has 58 valence electrons. The summed E-state index contributed by atoms with van der Waals surface area (Å²) in [5.74, 6) is 0.552. The highest BCUT2D eigenvalue weighted by Gasteiger charge is 1.90. The van der Waals surface area contributed by atoms with E-state index >= 15 is 0 Å². The standard InChI is InChI=1S/C9H11NO/c1-8(11-2)10-9-6-4-3-5-7-9/h3-7,10H,1H2,2H3. The Hall–Kier alpha value is -1.44. The minimum absolute atomic E-state index is 0.552. The van der Waals surface area contributed by atoms with Gasteiger partial charge in [0.25, 0.3) is 0 Å². The predicted octanol–water partition coefficient (Wildman–Crippen LogP) is 2.22. The van der Waals surface area contributed by atoms with Crippen LogP contribution in [0, 0.1) is 0 Å². The quantitative estimate of drug-likeness (QED) is 0.665. The number of anilines is 1. The van der Waals surface area contributed by atoms with Crippen molar-refractivity contribution in [2.45, 2.75) is 0 Å². The summed E-state index contributed by atoms with van der Waals surface area (Å²) in [7, 11) is 1.58. The van der Waals surface area contributed by atoms with Gasteiger partial charge in [-0.25, -0.2) is 0 Å². The highest BCUT2D eigenvalue weighted by molar-refractivity contribution is 5.45. The lowest BCUT2D eigenvalue weighted by Gasteiger charge is -2.06. The first-order valence-electron chi connectivity index (χ1n) is 3.38. The molecule has 2 heteroatoms. The highest BCUT2D eigenvalue weighted by Crippen LogP contribution is 2.07. The van der Waals surface area contributed by atoms with Crippen LogP contribution in [-0.4, -0.2) is 7.11 Å². The zero-order valence-electron chi connectivity index (χ0n) is 6.50. The number of ether oxygens (including phenoxy) is 1. The molecule has 0 radical (unpaired) electrons. The van der Waals surface area contributed by atoms with Gasteiger partial charge in [0.15, 0.2) is 5.88 Å². The molecule has 0 aliphatic rings. The molecule has 0 amide bonds. The Kier molecular flexibility index (Phi) is 2.55. The Balaban J connectivity index is 2.58. The molecule has 2 nitrogen and oxygen atoms in total. The minimum Gasteiger partial charge on any atom is -0.483 e. The van der Waals surface area contributed by atoms with E-state index < -0.39 is 0 Å². The van der Waals surface area contributed by atoms with Crippen molar-refractivity contribution in [3.05, 3.63) is 42.8 Å². The molecule has 0 aromatic heterocycles. The Bertz CT molecular complexity index is 231. The van der Waals surface area contributed by atoms with Gasteiger partial charge in [-0.15, -0.1) is 0 Å². The highest BCUT2D eigenvalue weighted by atomic mass is 16.5. The molecule has 0 fully saturated rings. The molecule has 0 aliphatic heterocycles. The summed E-state index contributed by atoms with van der Waals surface area (Å²) in [6.45, 7) is 3.64. The number of rotatable bonds is 3. The largest absolute Gasteiger partial charge is 0.483 e. The molecule has 1 rings (SSSR count). The van der Waals surface area contributed by atoms with Crippen LogP contribution in [0.2, 0.25) is 0 Å². The summed E-state index contributed by atoms with van der Waals surface area (Å²) in [5.41, 5.74) is 0.986. The topological polar surface area (TPSA) is 21.3 Å². The molecular formula is C9H11NO. The van der Waals surface area contributed by atoms with Gasteiger partial charge < -0.3 is 10.1 Å². The molecule has 0 heterocycles. The van der Waals surface area contributed by atoms with Crippen LogP contribution in [0.1, 0.15) is 0 Å². The predicted molar refractivity (Wildman–Crippen MR) is 46.2 cm³/mol. The van der Waals surface area contributed by atoms with Crippen molar-refractivity contribution >= 4 is 5.69 Å². The van der Waals surface area contributed by atoms with Gasteiger partial charge in [0.2, 0.25) is 0 Å². The maximum Gasteiger partial charge on any atom is 0.183 e. The van der Waals surface area contributed by atoms with Gasteiger partial charge in [-0.2, -0.15) is 0 Å². The van der Waals surface area contributed by atoms with Crippen molar-refractivity contribution in [2.24, 2.45) is 0 Å². The fourth-order valence-corrected chi connectivity index (χ4v) is 0.734. The monoisotopic (exact) mass is 149 g/mol. The van der Waals surface area contributed by atoms with E-state index in [2.05, 4.69) is 11.9 Å². The van der Waals surface area contributed by atoms with Crippen molar-refractivity contribution in [2.75, 3.05) is 12.4 Å². The van der Waals surface area contributed by atoms with Crippen LogP contribution in [-0.2, 0) is 4.74 Å². The van der Waals surface area contributed by atoms with Crippen LogP contribution < -0.4 is 5.32 Å². The lowest BCUT2D eigenvalue weighted by Crippen LogP contribution is -1.98. The second-order valence-corrected chi connectivity index (χ2v) is 2.12. The summed E-state index contributed by atoms with van der Waals surface area (Å²) in [5, 5.41) is 2.97. The fraction of sp³-hybridized carbons (Fsp3) is 0.111. The van der Waals surface area contributed by atoms with E-state index in [0.29, 0.717) is 5.88 Å². The van der Waals surface area contributed by atoms with Gasteiger partial charge in [-0.1, -0.05) is 18.2 Å². The maximum atomic E-state index is 4.85. The summed E-state index contributed by atoms with van der Waals surface area (Å²) in [6, 6.07) is 9.76. The molecule has 0 saturated carbocycles. The van der Waals surface area contributed by atoms with E-state index in [1.54, 1.807) is 7.11 Å². The van der Waals surface area contributed by atoms with Gasteiger partial charge in [0.05, 0.1) is 7.11 Å². The third-order valence-corrected chi connectivity index (χ3v) is 1.30. The number of nitrogens with one attached hydrogen (secondary N) is 1. The summed E-state index contributed by atoms with van der Waals surface area (Å²) < 4.78 is 4.85. The third kappa shape index (κ3) is 2.34. The number of hydrogen-bond donors (Lipinski definition) is 1. The first kappa shape index (κ1) is 7.66. The van der Waals surface area contributed by atoms with Gasteiger partial charge in [0.1, 0.15) is 0 Å². The van der Waals surface area contributed by atoms with Crippen LogP contribution in [0.4, 0.5) is 5.69 Å². The molecule has 1 N–H and O–H groups in total. The van der Waals surface area contributed by atoms with Crippen molar-refractivity contribution in [1.29, 1.82) is 0 Å². The molecule has 0 atom stereocenters. The zero-order chi connectivity index (χ0) is 8.10. The lowest BCUT2D eigenvalue weighted by atomic mass is 10.3. The van der Waals surface area contributed by atoms with Crippen LogP contribution >= 0.6 is 0 Å². The van der Waals surface area contributed by atoms with E-state index in [1.807, 2.05) is 30.3 Å². The van der Waals surface area contributed by atoms with E-state index in [4.69, 9.17) is 4.74 Å². The Morgan fingerprint density at radius 1 is 1.36 bits per heavy atom. The Labute approximate surface area is 66.5 Å². The molecule has 0 unspecified atom stereocenters. The van der Waals surface area contributed by atoms with Gasteiger partial charge in [0, 0.05) is 5.69 Å². The van der Waals surface area contributed by atoms with Crippen LogP contribution in [0.3, 0.4) is 0 Å². The Morgan fingerprint density at radius 2 is 2.00 bits per heavy atom. The smallest absolute Gasteiger partial charge is 0.183 e. The molecular weight excluding hydrogens is 138 g/mol. The molecule has 1 aromatic carbocycles. The average molecular weight is 149 g/mol. The van der Waals surface area contributed by atoms with Crippen LogP contribution in [0.15, 0.2) is 42.8 Å². The van der Waals surface area contributed by atoms with Crippen LogP contribution in [0.5, 0.6) is 0 Å². The average Bonchev–Trinajstić information content (AvgIpc) is 2.06. The van der Waals surface area contributed by atoms with E-state index in [1.165, 1.54) is 0 Å². The second kappa shape index (κ2) is 3.66. The van der Waals surface area contributed by atoms with Crippen LogP contribution in [0.25, 0.3) is 0 Å². The maximum absolute atomic E-state index is 4.85. The molecule has 1 aromatic rings. The van der Waals surface area contributed by atoms with Crippen molar-refractivity contribution < 1.29 is 4.74 Å². The molecule has 0 bridgehead atoms.